The molecule has 1 aromatic rings. The van der Waals surface area contributed by atoms with Crippen molar-refractivity contribution >= 4 is 10.0 Å². The largest absolute Gasteiger partial charge is 0.475 e. The minimum atomic E-state index is -3.49. The summed E-state index contributed by atoms with van der Waals surface area (Å²) in [5.41, 5.74) is 0. The van der Waals surface area contributed by atoms with Crippen LogP contribution < -0.4 is 4.74 Å². The third-order valence-corrected chi connectivity index (χ3v) is 5.42. The van der Waals surface area contributed by atoms with Crippen LogP contribution in [0, 0.1) is 12.3 Å². The van der Waals surface area contributed by atoms with Gasteiger partial charge >= 0.3 is 0 Å². The zero-order valence-corrected chi connectivity index (χ0v) is 10.6. The van der Waals surface area contributed by atoms with E-state index in [1.54, 1.807) is 24.3 Å². The fourth-order valence-electron chi connectivity index (χ4n) is 2.61. The van der Waals surface area contributed by atoms with E-state index in [9.17, 15) is 8.42 Å². The molecule has 3 rings (SSSR count). The average Bonchev–Trinajstić information content (AvgIpc) is 2.83. The summed E-state index contributed by atoms with van der Waals surface area (Å²) in [6.45, 7) is 0.517. The molecule has 0 bridgehead atoms. The van der Waals surface area contributed by atoms with Crippen LogP contribution in [0.1, 0.15) is 12.8 Å². The lowest BCUT2D eigenvalue weighted by Crippen LogP contribution is -2.42. The molecule has 2 aliphatic heterocycles. The Hall–Kier alpha value is -1.51. The minimum Gasteiger partial charge on any atom is -0.475 e. The van der Waals surface area contributed by atoms with E-state index in [4.69, 9.17) is 11.2 Å². The summed E-state index contributed by atoms with van der Waals surface area (Å²) in [7, 11) is -3.49. The molecule has 2 atom stereocenters. The molecule has 0 spiro atoms. The minimum absolute atomic E-state index is 0.217. The molecule has 0 aromatic heterocycles. The van der Waals surface area contributed by atoms with Crippen LogP contribution in [0.2, 0.25) is 0 Å². The monoisotopic (exact) mass is 263 g/mol. The van der Waals surface area contributed by atoms with Gasteiger partial charge in [-0.05, 0) is 25.0 Å². The van der Waals surface area contributed by atoms with Gasteiger partial charge in [-0.15, -0.1) is 6.42 Å². The maximum Gasteiger partial charge on any atom is 0.247 e. The maximum absolute atomic E-state index is 12.5. The van der Waals surface area contributed by atoms with Gasteiger partial charge in [0.05, 0.1) is 6.04 Å². The van der Waals surface area contributed by atoms with Crippen LogP contribution in [-0.4, -0.2) is 31.4 Å². The molecule has 5 heteroatoms. The smallest absolute Gasteiger partial charge is 0.247 e. The third kappa shape index (κ3) is 1.53. The molecule has 2 heterocycles. The molecule has 0 aliphatic carbocycles. The quantitative estimate of drug-likeness (QED) is 0.661. The average molecular weight is 263 g/mol. The standard InChI is InChI=1S/C13H13NO3S/c1-2-11-10-6-5-9-14(10)18(15,16)13-8-4-3-7-12(13)17-11/h1,3-4,7-8,10-11H,5-6,9H2/t10-,11+/m1/s1. The Morgan fingerprint density at radius 2 is 2.17 bits per heavy atom. The second-order valence-corrected chi connectivity index (χ2v) is 6.34. The van der Waals surface area contributed by atoms with Gasteiger partial charge < -0.3 is 4.74 Å². The van der Waals surface area contributed by atoms with E-state index in [1.165, 1.54) is 4.31 Å². The van der Waals surface area contributed by atoms with E-state index in [-0.39, 0.29) is 10.9 Å². The lowest BCUT2D eigenvalue weighted by molar-refractivity contribution is 0.184. The molecule has 0 radical (unpaired) electrons. The van der Waals surface area contributed by atoms with E-state index >= 15 is 0 Å². The first-order valence-corrected chi connectivity index (χ1v) is 7.32. The van der Waals surface area contributed by atoms with Crippen LogP contribution in [0.3, 0.4) is 0 Å². The predicted molar refractivity (Wildman–Crippen MR) is 66.6 cm³/mol. The van der Waals surface area contributed by atoms with Gasteiger partial charge in [0.1, 0.15) is 10.6 Å². The number of rotatable bonds is 0. The fraction of sp³-hybridized carbons (Fsp3) is 0.385. The van der Waals surface area contributed by atoms with Crippen molar-refractivity contribution in [2.75, 3.05) is 6.54 Å². The van der Waals surface area contributed by atoms with Gasteiger partial charge in [0.25, 0.3) is 0 Å². The molecule has 4 nitrogen and oxygen atoms in total. The topological polar surface area (TPSA) is 46.6 Å². The SMILES string of the molecule is C#C[C@@H]1Oc2ccccc2S(=O)(=O)N2CCC[C@H]12. The number of para-hydroxylation sites is 1. The second kappa shape index (κ2) is 4.01. The first-order chi connectivity index (χ1) is 8.64. The maximum atomic E-state index is 12.5. The highest BCUT2D eigenvalue weighted by molar-refractivity contribution is 7.89. The number of hydrogen-bond donors (Lipinski definition) is 0. The zero-order valence-electron chi connectivity index (χ0n) is 9.74. The summed E-state index contributed by atoms with van der Waals surface area (Å²) in [5.74, 6) is 2.92. The van der Waals surface area contributed by atoms with Gasteiger partial charge in [0.2, 0.25) is 10.0 Å². The third-order valence-electron chi connectivity index (χ3n) is 3.45. The van der Waals surface area contributed by atoms with Crippen LogP contribution >= 0.6 is 0 Å². The van der Waals surface area contributed by atoms with Gasteiger partial charge in [0.15, 0.2) is 6.10 Å². The van der Waals surface area contributed by atoms with Crippen molar-refractivity contribution in [1.82, 2.24) is 4.31 Å². The Morgan fingerprint density at radius 3 is 2.94 bits per heavy atom. The van der Waals surface area contributed by atoms with Gasteiger partial charge in [-0.25, -0.2) is 8.42 Å². The van der Waals surface area contributed by atoms with E-state index < -0.39 is 16.1 Å². The Kier molecular flexibility index (Phi) is 2.58. The Labute approximate surface area is 107 Å². The summed E-state index contributed by atoms with van der Waals surface area (Å²) in [6, 6.07) is 6.42. The van der Waals surface area contributed by atoms with Crippen molar-refractivity contribution in [3.8, 4) is 18.1 Å². The summed E-state index contributed by atoms with van der Waals surface area (Å²) < 4.78 is 32.3. The molecule has 0 saturated carbocycles. The first-order valence-electron chi connectivity index (χ1n) is 5.88. The second-order valence-electron chi connectivity index (χ2n) is 4.48. The van der Waals surface area contributed by atoms with E-state index in [0.717, 1.165) is 12.8 Å². The first kappa shape index (κ1) is 11.6. The molecular weight excluding hydrogens is 250 g/mol. The Balaban J connectivity index is 2.21. The van der Waals surface area contributed by atoms with Gasteiger partial charge in [-0.1, -0.05) is 18.1 Å². The molecule has 94 valence electrons. The van der Waals surface area contributed by atoms with Crippen LogP contribution in [-0.2, 0) is 10.0 Å². The summed E-state index contributed by atoms with van der Waals surface area (Å²) in [6.07, 6.45) is 6.55. The molecule has 0 unspecified atom stereocenters. The van der Waals surface area contributed by atoms with Crippen molar-refractivity contribution in [1.29, 1.82) is 0 Å². The van der Waals surface area contributed by atoms with E-state index in [0.29, 0.717) is 12.3 Å². The van der Waals surface area contributed by atoms with Gasteiger partial charge in [-0.3, -0.25) is 0 Å². The molecular formula is C13H13NO3S. The zero-order chi connectivity index (χ0) is 12.8. The highest BCUT2D eigenvalue weighted by Gasteiger charge is 2.44. The highest BCUT2D eigenvalue weighted by atomic mass is 32.2. The van der Waals surface area contributed by atoms with Crippen molar-refractivity contribution in [2.45, 2.75) is 29.9 Å². The van der Waals surface area contributed by atoms with Crippen LogP contribution in [0.5, 0.6) is 5.75 Å². The van der Waals surface area contributed by atoms with Gasteiger partial charge in [0, 0.05) is 6.54 Å². The number of sulfonamides is 1. The van der Waals surface area contributed by atoms with Crippen molar-refractivity contribution in [3.05, 3.63) is 24.3 Å². The predicted octanol–water partition coefficient (Wildman–Crippen LogP) is 1.23. The lowest BCUT2D eigenvalue weighted by Gasteiger charge is -2.23. The van der Waals surface area contributed by atoms with Crippen LogP contribution in [0.25, 0.3) is 0 Å². The number of benzene rings is 1. The number of ether oxygens (including phenoxy) is 1. The van der Waals surface area contributed by atoms with E-state index in [1.807, 2.05) is 0 Å². The molecule has 1 saturated heterocycles. The fourth-order valence-corrected chi connectivity index (χ4v) is 4.43. The number of terminal acetylenes is 1. The van der Waals surface area contributed by atoms with Crippen LogP contribution in [0.15, 0.2) is 29.2 Å². The summed E-state index contributed by atoms with van der Waals surface area (Å²) >= 11 is 0. The highest BCUT2D eigenvalue weighted by Crippen LogP contribution is 2.37. The van der Waals surface area contributed by atoms with Gasteiger partial charge in [-0.2, -0.15) is 4.31 Å². The van der Waals surface area contributed by atoms with Crippen molar-refractivity contribution in [2.24, 2.45) is 0 Å². The summed E-state index contributed by atoms with van der Waals surface area (Å²) in [5, 5.41) is 0. The van der Waals surface area contributed by atoms with Crippen LogP contribution in [0.4, 0.5) is 0 Å². The molecule has 1 fully saturated rings. The molecule has 1 aromatic carbocycles. The van der Waals surface area contributed by atoms with Crippen molar-refractivity contribution in [3.63, 3.8) is 0 Å². The number of hydrogen-bond acceptors (Lipinski definition) is 3. The number of nitrogens with zero attached hydrogens (tertiary/aromatic N) is 1. The lowest BCUT2D eigenvalue weighted by atomic mass is 10.1. The number of fused-ring (bicyclic) bond motifs is 2. The molecule has 2 aliphatic rings. The molecule has 0 N–H and O–H groups in total. The Bertz CT molecular complexity index is 617. The van der Waals surface area contributed by atoms with Crippen molar-refractivity contribution < 1.29 is 13.2 Å². The van der Waals surface area contributed by atoms with E-state index in [2.05, 4.69) is 5.92 Å². The summed E-state index contributed by atoms with van der Waals surface area (Å²) in [4.78, 5) is 0.217. The molecule has 18 heavy (non-hydrogen) atoms. The normalized spacial score (nSPS) is 29.5. The molecule has 0 amide bonds. The Morgan fingerprint density at radius 1 is 1.39 bits per heavy atom.